The molecule has 2 rings (SSSR count). The summed E-state index contributed by atoms with van der Waals surface area (Å²) in [5.41, 5.74) is -2.25. The van der Waals surface area contributed by atoms with Gasteiger partial charge in [0.05, 0.1) is 12.8 Å². The minimum absolute atomic E-state index is 0.332. The summed E-state index contributed by atoms with van der Waals surface area (Å²) in [4.78, 5) is 24.9. The van der Waals surface area contributed by atoms with Crippen LogP contribution in [0.5, 0.6) is 0 Å². The number of nitrogens with one attached hydrogen (secondary N) is 1. The van der Waals surface area contributed by atoms with Crippen molar-refractivity contribution >= 4 is 8.32 Å². The van der Waals surface area contributed by atoms with Crippen LogP contribution < -0.4 is 11.2 Å². The van der Waals surface area contributed by atoms with Crippen molar-refractivity contribution in [1.82, 2.24) is 9.55 Å². The second kappa shape index (κ2) is 6.66. The Labute approximate surface area is 150 Å². The van der Waals surface area contributed by atoms with E-state index >= 15 is 0 Å². The van der Waals surface area contributed by atoms with Gasteiger partial charge in [-0.15, -0.1) is 0 Å². The molecule has 9 nitrogen and oxygen atoms in total. The van der Waals surface area contributed by atoms with Gasteiger partial charge in [0.1, 0.15) is 6.10 Å². The van der Waals surface area contributed by atoms with Crippen LogP contribution in [0.1, 0.15) is 27.0 Å². The SMILES string of the molecule is CC(C)(C)[Si](C)(C)O[C@@]1(O)[C@@H](CO)O[C@@H](n2cc(F)c(=O)[nH]c2=O)[C@@H]1O. The first-order valence-electron chi connectivity index (χ1n) is 8.12. The first-order valence-corrected chi connectivity index (χ1v) is 11.0. The molecule has 1 fully saturated rings. The van der Waals surface area contributed by atoms with Gasteiger partial charge in [-0.2, -0.15) is 4.39 Å². The maximum absolute atomic E-state index is 13.6. The van der Waals surface area contributed by atoms with Crippen molar-refractivity contribution in [3.63, 3.8) is 0 Å². The predicted molar refractivity (Wildman–Crippen MR) is 91.5 cm³/mol. The number of aromatic nitrogens is 2. The third-order valence-corrected chi connectivity index (χ3v) is 9.50. The molecule has 148 valence electrons. The molecule has 2 heterocycles. The molecule has 4 atom stereocenters. The summed E-state index contributed by atoms with van der Waals surface area (Å²) < 4.78 is 25.4. The van der Waals surface area contributed by atoms with E-state index in [2.05, 4.69) is 0 Å². The molecule has 0 radical (unpaired) electrons. The number of ether oxygens (including phenoxy) is 1. The summed E-state index contributed by atoms with van der Waals surface area (Å²) in [6.45, 7) is 8.68. The van der Waals surface area contributed by atoms with E-state index in [9.17, 15) is 29.3 Å². The molecule has 0 spiro atoms. The van der Waals surface area contributed by atoms with Crippen LogP contribution in [0.3, 0.4) is 0 Å². The van der Waals surface area contributed by atoms with E-state index in [0.29, 0.717) is 10.8 Å². The zero-order valence-electron chi connectivity index (χ0n) is 15.3. The zero-order chi connectivity index (χ0) is 20.1. The number of hydrogen-bond acceptors (Lipinski definition) is 7. The van der Waals surface area contributed by atoms with E-state index in [1.165, 1.54) is 0 Å². The second-order valence-corrected chi connectivity index (χ2v) is 12.6. The van der Waals surface area contributed by atoms with Crippen molar-refractivity contribution in [3.8, 4) is 0 Å². The van der Waals surface area contributed by atoms with Gasteiger partial charge in [0.15, 0.2) is 20.6 Å². The molecule has 1 aromatic rings. The predicted octanol–water partition coefficient (Wildman–Crippen LogP) is -0.363. The Morgan fingerprint density at radius 2 is 2.00 bits per heavy atom. The Hall–Kier alpha value is -1.37. The third kappa shape index (κ3) is 3.42. The molecule has 0 saturated carbocycles. The van der Waals surface area contributed by atoms with E-state index in [-0.39, 0.29) is 5.04 Å². The molecular weight excluding hydrogens is 367 g/mol. The summed E-state index contributed by atoms with van der Waals surface area (Å²) in [5, 5.41) is 30.8. The molecule has 11 heteroatoms. The average molecular weight is 392 g/mol. The Morgan fingerprint density at radius 1 is 1.42 bits per heavy atom. The third-order valence-electron chi connectivity index (χ3n) is 5.05. The number of aliphatic hydroxyl groups is 3. The van der Waals surface area contributed by atoms with Gasteiger partial charge < -0.3 is 24.5 Å². The Balaban J connectivity index is 2.46. The maximum Gasteiger partial charge on any atom is 0.330 e. The van der Waals surface area contributed by atoms with E-state index in [0.717, 1.165) is 0 Å². The summed E-state index contributed by atoms with van der Waals surface area (Å²) in [5.74, 6) is -3.57. The molecule has 1 aromatic heterocycles. The highest BCUT2D eigenvalue weighted by Gasteiger charge is 2.60. The summed E-state index contributed by atoms with van der Waals surface area (Å²) in [6, 6.07) is 0. The van der Waals surface area contributed by atoms with E-state index in [1.54, 1.807) is 4.98 Å². The topological polar surface area (TPSA) is 134 Å². The minimum Gasteiger partial charge on any atom is -0.393 e. The van der Waals surface area contributed by atoms with Crippen molar-refractivity contribution < 1.29 is 28.9 Å². The molecule has 4 N–H and O–H groups in total. The monoisotopic (exact) mass is 392 g/mol. The minimum atomic E-state index is -2.63. The maximum atomic E-state index is 13.6. The van der Waals surface area contributed by atoms with Gasteiger partial charge in [-0.3, -0.25) is 14.3 Å². The fourth-order valence-electron chi connectivity index (χ4n) is 2.46. The fourth-order valence-corrected chi connectivity index (χ4v) is 3.84. The van der Waals surface area contributed by atoms with Gasteiger partial charge in [0.25, 0.3) is 5.56 Å². The van der Waals surface area contributed by atoms with Crippen molar-refractivity contribution in [2.24, 2.45) is 0 Å². The number of halogens is 1. The van der Waals surface area contributed by atoms with Crippen LogP contribution in [0.25, 0.3) is 0 Å². The fraction of sp³-hybridized carbons (Fsp3) is 0.733. The Morgan fingerprint density at radius 3 is 2.50 bits per heavy atom. The lowest BCUT2D eigenvalue weighted by Crippen LogP contribution is -2.59. The van der Waals surface area contributed by atoms with E-state index in [4.69, 9.17) is 9.16 Å². The van der Waals surface area contributed by atoms with Crippen LogP contribution >= 0.6 is 0 Å². The van der Waals surface area contributed by atoms with Crippen molar-refractivity contribution in [2.45, 2.75) is 63.1 Å². The summed E-state index contributed by atoms with van der Waals surface area (Å²) >= 11 is 0. The van der Waals surface area contributed by atoms with Crippen LogP contribution in [0, 0.1) is 5.82 Å². The highest BCUT2D eigenvalue weighted by molar-refractivity contribution is 6.74. The Bertz CT molecular complexity index is 787. The first-order chi connectivity index (χ1) is 11.7. The molecule has 0 bridgehead atoms. The standard InChI is InChI=1S/C15H25FN2O7Si/c1-14(2,3)26(4,5)25-15(23)9(7-19)24-12(10(15)20)18-6-8(16)11(21)17-13(18)22/h6,9-10,12,19-20,23H,7H2,1-5H3,(H,17,21,22)/t9-,10+,12-,15+/m1/s1. The molecule has 1 aliphatic rings. The normalized spacial score (nSPS) is 30.0. The largest absolute Gasteiger partial charge is 0.393 e. The lowest BCUT2D eigenvalue weighted by molar-refractivity contribution is -0.224. The molecule has 0 aromatic carbocycles. The molecule has 1 aliphatic heterocycles. The average Bonchev–Trinajstić information content (AvgIpc) is 2.73. The number of hydrogen-bond donors (Lipinski definition) is 4. The van der Waals surface area contributed by atoms with E-state index in [1.807, 2.05) is 33.9 Å². The first kappa shape index (κ1) is 20.9. The zero-order valence-corrected chi connectivity index (χ0v) is 16.3. The van der Waals surface area contributed by atoms with Crippen molar-refractivity contribution in [3.05, 3.63) is 32.9 Å². The van der Waals surface area contributed by atoms with Crippen molar-refractivity contribution in [1.29, 1.82) is 0 Å². The molecule has 0 unspecified atom stereocenters. The van der Waals surface area contributed by atoms with Gasteiger partial charge in [-0.1, -0.05) is 20.8 Å². The van der Waals surface area contributed by atoms with Crippen LogP contribution in [0.4, 0.5) is 4.39 Å². The van der Waals surface area contributed by atoms with Crippen LogP contribution in [0.15, 0.2) is 15.8 Å². The lowest BCUT2D eigenvalue weighted by atomic mass is 10.1. The molecule has 0 aliphatic carbocycles. The van der Waals surface area contributed by atoms with Gasteiger partial charge in [-0.25, -0.2) is 4.79 Å². The van der Waals surface area contributed by atoms with Gasteiger partial charge >= 0.3 is 5.69 Å². The van der Waals surface area contributed by atoms with Crippen LogP contribution in [-0.2, 0) is 9.16 Å². The van der Waals surface area contributed by atoms with Gasteiger partial charge in [0, 0.05) is 0 Å². The highest BCUT2D eigenvalue weighted by atomic mass is 28.4. The van der Waals surface area contributed by atoms with Gasteiger partial charge in [0.2, 0.25) is 11.6 Å². The quantitative estimate of drug-likeness (QED) is 0.406. The second-order valence-electron chi connectivity index (χ2n) is 7.90. The van der Waals surface area contributed by atoms with Gasteiger partial charge in [-0.05, 0) is 18.1 Å². The smallest absolute Gasteiger partial charge is 0.330 e. The van der Waals surface area contributed by atoms with Crippen LogP contribution in [0.2, 0.25) is 18.1 Å². The lowest BCUT2D eigenvalue weighted by Gasteiger charge is -2.43. The number of rotatable bonds is 4. The molecule has 26 heavy (non-hydrogen) atoms. The van der Waals surface area contributed by atoms with Crippen LogP contribution in [-0.4, -0.2) is 57.8 Å². The Kier molecular flexibility index (Phi) is 5.36. The number of aromatic amines is 1. The molecular formula is C15H25FN2O7Si. The highest BCUT2D eigenvalue weighted by Crippen LogP contribution is 2.44. The molecule has 0 amide bonds. The number of H-pyrrole nitrogens is 1. The summed E-state index contributed by atoms with van der Waals surface area (Å²) in [7, 11) is -2.63. The number of nitrogens with zero attached hydrogens (tertiary/aromatic N) is 1. The summed E-state index contributed by atoms with van der Waals surface area (Å²) in [6.07, 6.45) is -4.17. The molecule has 1 saturated heterocycles. The van der Waals surface area contributed by atoms with Crippen molar-refractivity contribution in [2.75, 3.05) is 6.61 Å². The number of aliphatic hydroxyl groups excluding tert-OH is 2. The van der Waals surface area contributed by atoms with E-state index < -0.39 is 56.2 Å².